The SMILES string of the molecule is CC.CC.CNC(CN1CCCC1=O)C(C)(C)C.CNC(CN1CCNC1=O)C(C)(C)C. The second-order valence-corrected chi connectivity index (χ2v) is 10.0. The molecule has 0 aromatic heterocycles. The van der Waals surface area contributed by atoms with E-state index in [1.807, 2.05) is 51.6 Å². The van der Waals surface area contributed by atoms with Crippen LogP contribution in [0.5, 0.6) is 0 Å². The van der Waals surface area contributed by atoms with E-state index in [-0.39, 0.29) is 16.9 Å². The highest BCUT2D eigenvalue weighted by Crippen LogP contribution is 2.22. The number of carbonyl (C=O) groups excluding carboxylic acids is 2. The molecular formula is C25H55N5O2. The van der Waals surface area contributed by atoms with E-state index in [1.54, 1.807) is 0 Å². The highest BCUT2D eigenvalue weighted by Gasteiger charge is 2.30. The zero-order valence-electron chi connectivity index (χ0n) is 23.3. The summed E-state index contributed by atoms with van der Waals surface area (Å²) in [5, 5.41) is 9.37. The molecule has 2 unspecified atom stereocenters. The van der Waals surface area contributed by atoms with Crippen molar-refractivity contribution in [1.29, 1.82) is 0 Å². The Bertz CT molecular complexity index is 465. The van der Waals surface area contributed by atoms with Crippen molar-refractivity contribution in [1.82, 2.24) is 25.8 Å². The molecule has 2 rings (SSSR count). The maximum atomic E-state index is 11.5. The first kappa shape index (κ1) is 32.8. The minimum Gasteiger partial charge on any atom is -0.341 e. The average Bonchev–Trinajstić information content (AvgIpc) is 3.33. The quantitative estimate of drug-likeness (QED) is 0.565. The molecule has 2 saturated heterocycles. The van der Waals surface area contributed by atoms with Crippen LogP contribution in [-0.2, 0) is 4.79 Å². The summed E-state index contributed by atoms with van der Waals surface area (Å²) in [6, 6.07) is 0.783. The molecule has 2 aliphatic heterocycles. The average molecular weight is 458 g/mol. The summed E-state index contributed by atoms with van der Waals surface area (Å²) in [7, 11) is 3.92. The first-order valence-corrected chi connectivity index (χ1v) is 12.5. The Hall–Kier alpha value is -1.34. The van der Waals surface area contributed by atoms with Gasteiger partial charge in [-0.3, -0.25) is 4.79 Å². The summed E-state index contributed by atoms with van der Waals surface area (Å²) in [5.74, 6) is 0.314. The summed E-state index contributed by atoms with van der Waals surface area (Å²) in [5.41, 5.74) is 0.384. The number of rotatable bonds is 6. The molecule has 0 saturated carbocycles. The van der Waals surface area contributed by atoms with E-state index in [0.717, 1.165) is 45.6 Å². The molecule has 7 heteroatoms. The fourth-order valence-corrected chi connectivity index (χ4v) is 3.62. The van der Waals surface area contributed by atoms with E-state index in [2.05, 4.69) is 57.5 Å². The van der Waals surface area contributed by atoms with Crippen molar-refractivity contribution in [2.75, 3.05) is 46.8 Å². The lowest BCUT2D eigenvalue weighted by Gasteiger charge is -2.33. The molecule has 3 N–H and O–H groups in total. The minimum absolute atomic E-state index is 0.0644. The van der Waals surface area contributed by atoms with Gasteiger partial charge >= 0.3 is 6.03 Å². The van der Waals surface area contributed by atoms with E-state index in [4.69, 9.17) is 0 Å². The van der Waals surface area contributed by atoms with Crippen LogP contribution in [-0.4, -0.2) is 80.6 Å². The van der Waals surface area contributed by atoms with Crippen LogP contribution in [0, 0.1) is 10.8 Å². The van der Waals surface area contributed by atoms with Crippen LogP contribution in [0.3, 0.4) is 0 Å². The van der Waals surface area contributed by atoms with Crippen molar-refractivity contribution < 1.29 is 9.59 Å². The Kier molecular flexibility index (Phi) is 16.7. The number of carbonyl (C=O) groups is 2. The van der Waals surface area contributed by atoms with Gasteiger partial charge in [0.1, 0.15) is 0 Å². The van der Waals surface area contributed by atoms with Gasteiger partial charge in [-0.25, -0.2) is 4.79 Å². The van der Waals surface area contributed by atoms with Crippen molar-refractivity contribution in [3.8, 4) is 0 Å². The van der Waals surface area contributed by atoms with Gasteiger partial charge in [0.2, 0.25) is 5.91 Å². The normalized spacial score (nSPS) is 17.9. The summed E-state index contributed by atoms with van der Waals surface area (Å²) in [6.45, 7) is 25.3. The zero-order valence-corrected chi connectivity index (χ0v) is 23.3. The number of amides is 3. The molecule has 0 aliphatic carbocycles. The molecule has 0 aromatic carbocycles. The van der Waals surface area contributed by atoms with Gasteiger partial charge in [0, 0.05) is 51.2 Å². The second-order valence-electron chi connectivity index (χ2n) is 10.0. The van der Waals surface area contributed by atoms with Crippen molar-refractivity contribution in [2.45, 2.75) is 94.2 Å². The van der Waals surface area contributed by atoms with Crippen molar-refractivity contribution in [3.63, 3.8) is 0 Å². The molecule has 32 heavy (non-hydrogen) atoms. The molecule has 0 spiro atoms. The lowest BCUT2D eigenvalue weighted by Crippen LogP contribution is -2.48. The largest absolute Gasteiger partial charge is 0.341 e. The molecular weight excluding hydrogens is 402 g/mol. The summed E-state index contributed by atoms with van der Waals surface area (Å²) in [6.07, 6.45) is 1.76. The number of nitrogens with zero attached hydrogens (tertiary/aromatic N) is 2. The monoisotopic (exact) mass is 457 g/mol. The van der Waals surface area contributed by atoms with E-state index < -0.39 is 0 Å². The van der Waals surface area contributed by atoms with Gasteiger partial charge in [0.15, 0.2) is 0 Å². The van der Waals surface area contributed by atoms with E-state index in [9.17, 15) is 9.59 Å². The third-order valence-corrected chi connectivity index (χ3v) is 5.71. The topological polar surface area (TPSA) is 76.7 Å². The van der Waals surface area contributed by atoms with Crippen LogP contribution in [0.2, 0.25) is 0 Å². The second kappa shape index (κ2) is 16.3. The van der Waals surface area contributed by atoms with Gasteiger partial charge < -0.3 is 25.8 Å². The molecule has 192 valence electrons. The minimum atomic E-state index is 0.0644. The van der Waals surface area contributed by atoms with Gasteiger partial charge in [-0.2, -0.15) is 0 Å². The number of hydrogen-bond donors (Lipinski definition) is 3. The number of likely N-dealkylation sites (N-methyl/N-ethyl adjacent to an activating group) is 2. The number of urea groups is 1. The van der Waals surface area contributed by atoms with Crippen LogP contribution in [0.1, 0.15) is 82.1 Å². The maximum Gasteiger partial charge on any atom is 0.317 e. The van der Waals surface area contributed by atoms with Gasteiger partial charge in [-0.1, -0.05) is 69.2 Å². The molecule has 7 nitrogen and oxygen atoms in total. The summed E-state index contributed by atoms with van der Waals surface area (Å²) >= 11 is 0. The number of nitrogens with one attached hydrogen (secondary N) is 3. The predicted molar refractivity (Wildman–Crippen MR) is 138 cm³/mol. The molecule has 2 fully saturated rings. The van der Waals surface area contributed by atoms with Crippen LogP contribution >= 0.6 is 0 Å². The highest BCUT2D eigenvalue weighted by molar-refractivity contribution is 5.78. The zero-order chi connectivity index (χ0) is 25.5. The highest BCUT2D eigenvalue weighted by atomic mass is 16.2. The molecule has 2 atom stereocenters. The fourth-order valence-electron chi connectivity index (χ4n) is 3.62. The molecule has 3 amide bonds. The Morgan fingerprint density at radius 1 is 0.812 bits per heavy atom. The Morgan fingerprint density at radius 3 is 1.53 bits per heavy atom. The van der Waals surface area contributed by atoms with Crippen LogP contribution < -0.4 is 16.0 Å². The third kappa shape index (κ3) is 12.0. The lowest BCUT2D eigenvalue weighted by atomic mass is 9.86. The first-order valence-electron chi connectivity index (χ1n) is 12.5. The fraction of sp³-hybridized carbons (Fsp3) is 0.920. The molecule has 0 bridgehead atoms. The van der Waals surface area contributed by atoms with E-state index >= 15 is 0 Å². The standard InChI is InChI=1S/C11H22N2O.C10H21N3O.2C2H6/c1-11(2,3)9(12-4)8-13-7-5-6-10(13)14;1-10(2,3)8(11-4)7-13-6-5-12-9(13)14;2*1-2/h9,12H,5-8H2,1-4H3;8,11H,5-7H2,1-4H3,(H,12,14);2*1-2H3. The molecule has 0 radical (unpaired) electrons. The Balaban J connectivity index is 0. The van der Waals surface area contributed by atoms with E-state index in [0.29, 0.717) is 18.0 Å². The molecule has 2 aliphatic rings. The van der Waals surface area contributed by atoms with Gasteiger partial charge in [-0.15, -0.1) is 0 Å². The maximum absolute atomic E-state index is 11.5. The predicted octanol–water partition coefficient (Wildman–Crippen LogP) is 3.94. The Labute approximate surface area is 199 Å². The van der Waals surface area contributed by atoms with Crippen molar-refractivity contribution in [2.24, 2.45) is 10.8 Å². The molecule has 2 heterocycles. The third-order valence-electron chi connectivity index (χ3n) is 5.71. The van der Waals surface area contributed by atoms with Crippen molar-refractivity contribution in [3.05, 3.63) is 0 Å². The van der Waals surface area contributed by atoms with Gasteiger partial charge in [0.05, 0.1) is 0 Å². The van der Waals surface area contributed by atoms with Crippen molar-refractivity contribution >= 4 is 11.9 Å². The van der Waals surface area contributed by atoms with Crippen LogP contribution in [0.25, 0.3) is 0 Å². The number of hydrogen-bond acceptors (Lipinski definition) is 4. The summed E-state index contributed by atoms with van der Waals surface area (Å²) in [4.78, 5) is 26.6. The van der Waals surface area contributed by atoms with Crippen LogP contribution in [0.15, 0.2) is 0 Å². The Morgan fingerprint density at radius 2 is 1.25 bits per heavy atom. The number of likely N-dealkylation sites (tertiary alicyclic amines) is 1. The molecule has 0 aromatic rings. The lowest BCUT2D eigenvalue weighted by molar-refractivity contribution is -0.128. The summed E-state index contributed by atoms with van der Waals surface area (Å²) < 4.78 is 0. The van der Waals surface area contributed by atoms with Gasteiger partial charge in [0.25, 0.3) is 0 Å². The van der Waals surface area contributed by atoms with E-state index in [1.165, 1.54) is 0 Å². The first-order chi connectivity index (χ1) is 14.9. The smallest absolute Gasteiger partial charge is 0.317 e. The van der Waals surface area contributed by atoms with Crippen LogP contribution in [0.4, 0.5) is 4.79 Å². The van der Waals surface area contributed by atoms with Gasteiger partial charge in [-0.05, 0) is 31.3 Å².